The molecule has 1 aromatic carbocycles. The molecule has 21 nitrogen and oxygen atoms in total. The van der Waals surface area contributed by atoms with Crippen LogP contribution in [0.25, 0.3) is 0 Å². The fraction of sp³-hybridized carbons (Fsp3) is 0.515. The van der Waals surface area contributed by atoms with Gasteiger partial charge in [0.25, 0.3) is 5.91 Å². The van der Waals surface area contributed by atoms with E-state index in [1.165, 1.54) is 31.2 Å². The Hall–Kier alpha value is -5.00. The number of nitrogens with one attached hydrogen (secondary N) is 1. The lowest BCUT2D eigenvalue weighted by Gasteiger charge is -2.47. The van der Waals surface area contributed by atoms with Gasteiger partial charge in [-0.05, 0) is 38.0 Å². The van der Waals surface area contributed by atoms with Crippen molar-refractivity contribution >= 4 is 23.8 Å². The second kappa shape index (κ2) is 17.4. The number of rotatable bonds is 13. The first-order chi connectivity index (χ1) is 25.6. The van der Waals surface area contributed by atoms with Crippen LogP contribution < -0.4 is 5.32 Å². The summed E-state index contributed by atoms with van der Waals surface area (Å²) in [5, 5.41) is 83.6. The molecule has 2 aromatic rings. The van der Waals surface area contributed by atoms with Gasteiger partial charge < -0.3 is 74.6 Å². The molecule has 9 N–H and O–H groups in total. The van der Waals surface area contributed by atoms with Crippen LogP contribution >= 0.6 is 0 Å². The van der Waals surface area contributed by atoms with Gasteiger partial charge in [0, 0.05) is 6.07 Å². The molecule has 1 saturated heterocycles. The van der Waals surface area contributed by atoms with Gasteiger partial charge in [0.05, 0.1) is 36.3 Å². The largest absolute Gasteiger partial charge is 0.507 e. The van der Waals surface area contributed by atoms with Crippen LogP contribution in [0, 0.1) is 5.92 Å². The number of carboxylic acids is 2. The number of aliphatic carboxylic acids is 2. The number of hydrogen-bond acceptors (Lipinski definition) is 18. The van der Waals surface area contributed by atoms with Crippen LogP contribution in [-0.2, 0) is 38.0 Å². The predicted molar refractivity (Wildman–Crippen MR) is 173 cm³/mol. The Morgan fingerprint density at radius 1 is 0.944 bits per heavy atom. The van der Waals surface area contributed by atoms with E-state index in [-0.39, 0.29) is 12.0 Å². The van der Waals surface area contributed by atoms with Gasteiger partial charge in [0.2, 0.25) is 12.2 Å². The molecule has 3 heterocycles. The van der Waals surface area contributed by atoms with Crippen LogP contribution in [0.15, 0.2) is 48.2 Å². The number of aliphatic hydroxyl groups is 4. The third-order valence-corrected chi connectivity index (χ3v) is 8.86. The van der Waals surface area contributed by atoms with Crippen molar-refractivity contribution < 1.29 is 88.5 Å². The minimum absolute atomic E-state index is 0.0226. The van der Waals surface area contributed by atoms with E-state index in [9.17, 15) is 60.0 Å². The maximum Gasteiger partial charge on any atom is 0.338 e. The standard InChI is InChI=1S/C33H39N3O18/c1-13-18(38)10-19(39)31(50-13)54-25-16(34-28(44)17-9-22(40)36-33(48)35-17)7-15(29(45)46)8-20(25)51-32-27(53-30(47)14-5-3-2-4-6-14)26(49-12-23(41)42)24(43)21(11-37)52-32/h2-6,9-10,13,15-16,18,20-21,24-27,31-32,37-39,43H,7-8,11-12H2,1H3,(H,34,44)(H,41,42)(H,45,46)(H2,35,36,40,48). The molecular formula is C33H39N3O18. The number of carbonyl (C=O) groups is 4. The number of amides is 1. The van der Waals surface area contributed by atoms with Crippen molar-refractivity contribution in [1.82, 2.24) is 15.3 Å². The zero-order valence-electron chi connectivity index (χ0n) is 28.4. The highest BCUT2D eigenvalue weighted by atomic mass is 16.7. The zero-order chi connectivity index (χ0) is 39.3. The number of aromatic hydroxyl groups is 2. The Labute approximate surface area is 305 Å². The van der Waals surface area contributed by atoms with E-state index in [1.54, 1.807) is 6.07 Å². The number of carbonyl (C=O) groups excluding carboxylic acids is 2. The second-order valence-corrected chi connectivity index (χ2v) is 12.6. The lowest BCUT2D eigenvalue weighted by molar-refractivity contribution is -0.331. The first-order valence-electron chi connectivity index (χ1n) is 16.5. The molecule has 21 heteroatoms. The highest BCUT2D eigenvalue weighted by molar-refractivity contribution is 5.93. The van der Waals surface area contributed by atoms with E-state index in [1.807, 2.05) is 0 Å². The number of ether oxygens (including phenoxy) is 6. The smallest absolute Gasteiger partial charge is 0.338 e. The van der Waals surface area contributed by atoms with Gasteiger partial charge in [0.15, 0.2) is 12.4 Å². The normalized spacial score (nSPS) is 32.6. The quantitative estimate of drug-likeness (QED) is 0.106. The Balaban J connectivity index is 1.54. The molecule has 2 aliphatic heterocycles. The Bertz CT molecular complexity index is 1680. The first kappa shape index (κ1) is 40.2. The summed E-state index contributed by atoms with van der Waals surface area (Å²) < 4.78 is 34.9. The Kier molecular flexibility index (Phi) is 13.0. The first-order valence-corrected chi connectivity index (χ1v) is 16.5. The minimum Gasteiger partial charge on any atom is -0.507 e. The fourth-order valence-corrected chi connectivity index (χ4v) is 6.20. The second-order valence-electron chi connectivity index (χ2n) is 12.6. The molecule has 0 bridgehead atoms. The molecule has 1 aromatic heterocycles. The van der Waals surface area contributed by atoms with Gasteiger partial charge in [-0.15, -0.1) is 0 Å². The number of aromatic nitrogens is 2. The van der Waals surface area contributed by atoms with Crippen molar-refractivity contribution in [1.29, 1.82) is 0 Å². The van der Waals surface area contributed by atoms with Gasteiger partial charge in [-0.25, -0.2) is 9.59 Å². The minimum atomic E-state index is -1.84. The van der Waals surface area contributed by atoms with Crippen LogP contribution in [0.5, 0.6) is 11.9 Å². The summed E-state index contributed by atoms with van der Waals surface area (Å²) in [4.78, 5) is 57.5. The van der Waals surface area contributed by atoms with Crippen molar-refractivity contribution in [3.05, 3.63) is 59.5 Å². The van der Waals surface area contributed by atoms with Crippen molar-refractivity contribution in [3.63, 3.8) is 0 Å². The van der Waals surface area contributed by atoms with Crippen molar-refractivity contribution in [3.8, 4) is 11.9 Å². The van der Waals surface area contributed by atoms with E-state index in [0.29, 0.717) is 0 Å². The lowest BCUT2D eigenvalue weighted by atomic mass is 9.81. The highest BCUT2D eigenvalue weighted by Gasteiger charge is 2.53. The zero-order valence-corrected chi connectivity index (χ0v) is 28.4. The van der Waals surface area contributed by atoms with E-state index in [0.717, 1.165) is 12.1 Å². The summed E-state index contributed by atoms with van der Waals surface area (Å²) in [7, 11) is 0. The van der Waals surface area contributed by atoms with E-state index in [2.05, 4.69) is 15.3 Å². The number of nitrogens with zero attached hydrogens (tertiary/aromatic N) is 2. The monoisotopic (exact) mass is 765 g/mol. The number of benzene rings is 1. The van der Waals surface area contributed by atoms with Gasteiger partial charge in [-0.2, -0.15) is 9.97 Å². The maximum atomic E-state index is 13.4. The number of hydrogen-bond donors (Lipinski definition) is 9. The van der Waals surface area contributed by atoms with Gasteiger partial charge in [-0.1, -0.05) is 18.2 Å². The number of carboxylic acid groups (broad SMARTS) is 2. The average molecular weight is 766 g/mol. The summed E-state index contributed by atoms with van der Waals surface area (Å²) in [5.74, 6) is -7.51. The summed E-state index contributed by atoms with van der Waals surface area (Å²) in [6, 6.07) is 5.99. The molecule has 294 valence electrons. The molecule has 3 aliphatic rings. The van der Waals surface area contributed by atoms with Crippen LogP contribution in [0.4, 0.5) is 0 Å². The summed E-state index contributed by atoms with van der Waals surface area (Å²) in [6.45, 7) is -0.410. The molecule has 12 unspecified atom stereocenters. The number of aliphatic hydroxyl groups excluding tert-OH is 4. The van der Waals surface area contributed by atoms with Crippen LogP contribution in [0.2, 0.25) is 0 Å². The summed E-state index contributed by atoms with van der Waals surface area (Å²) >= 11 is 0. The molecule has 1 saturated carbocycles. The van der Waals surface area contributed by atoms with Crippen molar-refractivity contribution in [2.24, 2.45) is 5.92 Å². The molecular weight excluding hydrogens is 726 g/mol. The molecule has 1 aliphatic carbocycles. The summed E-state index contributed by atoms with van der Waals surface area (Å²) in [6.07, 6.45) is -15.1. The lowest BCUT2D eigenvalue weighted by Crippen LogP contribution is -2.64. The number of esters is 1. The Morgan fingerprint density at radius 2 is 1.67 bits per heavy atom. The molecule has 5 rings (SSSR count). The molecule has 0 spiro atoms. The van der Waals surface area contributed by atoms with E-state index in [4.69, 9.17) is 28.4 Å². The highest BCUT2D eigenvalue weighted by Crippen LogP contribution is 2.36. The molecule has 0 radical (unpaired) electrons. The third kappa shape index (κ3) is 9.56. The van der Waals surface area contributed by atoms with Gasteiger partial charge >= 0.3 is 23.9 Å². The molecule has 12 atom stereocenters. The molecule has 54 heavy (non-hydrogen) atoms. The van der Waals surface area contributed by atoms with Crippen molar-refractivity contribution in [2.45, 2.75) is 87.2 Å². The third-order valence-electron chi connectivity index (χ3n) is 8.86. The Morgan fingerprint density at radius 3 is 2.31 bits per heavy atom. The van der Waals surface area contributed by atoms with Gasteiger partial charge in [-0.3, -0.25) is 9.59 Å². The van der Waals surface area contributed by atoms with Crippen LogP contribution in [0.1, 0.15) is 40.6 Å². The topological polar surface area (TPSA) is 323 Å². The molecule has 2 fully saturated rings. The predicted octanol–water partition coefficient (Wildman–Crippen LogP) is -1.43. The fourth-order valence-electron chi connectivity index (χ4n) is 6.20. The maximum absolute atomic E-state index is 13.4. The van der Waals surface area contributed by atoms with E-state index >= 15 is 0 Å². The van der Waals surface area contributed by atoms with Crippen molar-refractivity contribution in [2.75, 3.05) is 13.2 Å². The van der Waals surface area contributed by atoms with E-state index < -0.39 is 140 Å². The van der Waals surface area contributed by atoms with Gasteiger partial charge in [0.1, 0.15) is 48.6 Å². The van der Waals surface area contributed by atoms with Crippen LogP contribution in [0.3, 0.4) is 0 Å². The molecule has 1 amide bonds. The SMILES string of the molecule is CC1OC(OC2C(NC(=O)c3cc(O)nc(O)n3)CC(C(=O)O)CC2OC2OC(CO)C(O)C(OCC(=O)O)C2OC(=O)c2ccccc2)C(O)=CC1O. The average Bonchev–Trinajstić information content (AvgIpc) is 3.12. The van der Waals surface area contributed by atoms with Crippen LogP contribution in [-0.4, -0.2) is 155 Å². The summed E-state index contributed by atoms with van der Waals surface area (Å²) in [5.41, 5.74) is -0.516.